The maximum Gasteiger partial charge on any atom is 0.311 e. The van der Waals surface area contributed by atoms with E-state index in [-0.39, 0.29) is 17.6 Å². The number of thiocarbonyl (C=S) groups is 1. The monoisotopic (exact) mass is 385 g/mol. The number of nitrogens with one attached hydrogen (secondary N) is 1. The van der Waals surface area contributed by atoms with E-state index in [0.717, 1.165) is 0 Å². The topological polar surface area (TPSA) is 88.1 Å². The summed E-state index contributed by atoms with van der Waals surface area (Å²) >= 11 is 5.15. The van der Waals surface area contributed by atoms with Crippen LogP contribution in [0.5, 0.6) is 5.75 Å². The van der Waals surface area contributed by atoms with E-state index in [1.54, 1.807) is 45.5 Å². The van der Waals surface area contributed by atoms with Crippen LogP contribution in [0.4, 0.5) is 0 Å². The third-order valence-electron chi connectivity index (χ3n) is 3.99. The van der Waals surface area contributed by atoms with Crippen molar-refractivity contribution >= 4 is 33.7 Å². The van der Waals surface area contributed by atoms with Crippen LogP contribution in [0.25, 0.3) is 0 Å². The Morgan fingerprint density at radius 2 is 1.96 bits per heavy atom. The van der Waals surface area contributed by atoms with Crippen molar-refractivity contribution in [2.24, 2.45) is 4.36 Å². The average Bonchev–Trinajstić information content (AvgIpc) is 2.63. The van der Waals surface area contributed by atoms with E-state index in [1.807, 2.05) is 6.92 Å². The average molecular weight is 386 g/mol. The molecule has 0 spiro atoms. The van der Waals surface area contributed by atoms with Gasteiger partial charge in [-0.2, -0.15) is 12.8 Å². The minimum atomic E-state index is -2.61. The lowest BCUT2D eigenvalue weighted by molar-refractivity contribution is -0.132. The minimum absolute atomic E-state index is 0.182. The van der Waals surface area contributed by atoms with Crippen molar-refractivity contribution in [2.75, 3.05) is 27.7 Å². The third-order valence-corrected chi connectivity index (χ3v) is 4.81. The van der Waals surface area contributed by atoms with Crippen molar-refractivity contribution in [3.63, 3.8) is 0 Å². The number of amides is 1. The first kappa shape index (κ1) is 21.0. The lowest BCUT2D eigenvalue weighted by atomic mass is 9.75. The van der Waals surface area contributed by atoms with Crippen molar-refractivity contribution in [1.29, 1.82) is 0 Å². The van der Waals surface area contributed by atoms with E-state index in [0.29, 0.717) is 24.2 Å². The van der Waals surface area contributed by atoms with Crippen LogP contribution in [0, 0.1) is 0 Å². The van der Waals surface area contributed by atoms with Gasteiger partial charge >= 0.3 is 10.5 Å². The number of methoxy groups -OCH3 is 1. The fourth-order valence-electron chi connectivity index (χ4n) is 2.69. The van der Waals surface area contributed by atoms with E-state index in [4.69, 9.17) is 17.0 Å². The molecule has 25 heavy (non-hydrogen) atoms. The van der Waals surface area contributed by atoms with Crippen molar-refractivity contribution in [3.8, 4) is 5.75 Å². The van der Waals surface area contributed by atoms with Gasteiger partial charge in [0.05, 0.1) is 19.1 Å². The second-order valence-corrected chi connectivity index (χ2v) is 6.56. The van der Waals surface area contributed by atoms with Gasteiger partial charge in [-0.05, 0) is 36.3 Å². The van der Waals surface area contributed by atoms with Gasteiger partial charge in [0.25, 0.3) is 0 Å². The molecule has 1 amide bonds. The summed E-state index contributed by atoms with van der Waals surface area (Å²) in [5.74, 6) is 0.332. The number of carbonyl (C=O) groups excluding carboxylic acids is 1. The Morgan fingerprint density at radius 3 is 2.40 bits per heavy atom. The SMILES string of the molecule is CCCC(CN=S(=O)=O)(C(=O)N(C)C(=S)NC)c1ccc(OC)cc1. The van der Waals surface area contributed by atoms with Gasteiger partial charge in [0.1, 0.15) is 5.75 Å². The predicted molar refractivity (Wildman–Crippen MR) is 100 cm³/mol. The summed E-state index contributed by atoms with van der Waals surface area (Å²) in [6.07, 6.45) is 1.09. The van der Waals surface area contributed by atoms with Crippen molar-refractivity contribution in [2.45, 2.75) is 25.2 Å². The maximum atomic E-state index is 13.2. The summed E-state index contributed by atoms with van der Waals surface area (Å²) in [7, 11) is 2.13. The van der Waals surface area contributed by atoms with Crippen LogP contribution in [0.3, 0.4) is 0 Å². The minimum Gasteiger partial charge on any atom is -0.497 e. The lowest BCUT2D eigenvalue weighted by Gasteiger charge is -2.34. The van der Waals surface area contributed by atoms with E-state index in [2.05, 4.69) is 9.68 Å². The van der Waals surface area contributed by atoms with Gasteiger partial charge < -0.3 is 10.1 Å². The molecule has 0 radical (unpaired) electrons. The Morgan fingerprint density at radius 1 is 1.36 bits per heavy atom. The van der Waals surface area contributed by atoms with Crippen LogP contribution in [0.15, 0.2) is 28.6 Å². The van der Waals surface area contributed by atoms with E-state index in [9.17, 15) is 13.2 Å². The number of rotatable bonds is 7. The zero-order valence-electron chi connectivity index (χ0n) is 14.8. The third kappa shape index (κ3) is 4.99. The standard InChI is InChI=1S/C16H23N3O4S2/c1-5-10-16(11-18-25(21)22,14(20)19(3)15(24)17-2)12-6-8-13(23-4)9-7-12/h6-9H,5,10-11H2,1-4H3,(H,17,24). The highest BCUT2D eigenvalue weighted by Gasteiger charge is 2.42. The molecule has 0 heterocycles. The number of benzene rings is 1. The molecule has 0 saturated heterocycles. The maximum absolute atomic E-state index is 13.2. The fourth-order valence-corrected chi connectivity index (χ4v) is 3.10. The summed E-state index contributed by atoms with van der Waals surface area (Å²) < 4.78 is 30.8. The quantitative estimate of drug-likeness (QED) is 0.720. The van der Waals surface area contributed by atoms with Crippen LogP contribution in [0.2, 0.25) is 0 Å². The molecule has 0 bridgehead atoms. The van der Waals surface area contributed by atoms with Gasteiger partial charge in [0.2, 0.25) is 5.91 Å². The smallest absolute Gasteiger partial charge is 0.311 e. The normalized spacial score (nSPS) is 12.6. The molecule has 0 saturated carbocycles. The first-order valence-corrected chi connectivity index (χ1v) is 9.17. The number of carbonyl (C=O) groups is 1. The highest BCUT2D eigenvalue weighted by Crippen LogP contribution is 2.33. The van der Waals surface area contributed by atoms with Crippen molar-refractivity contribution < 1.29 is 17.9 Å². The highest BCUT2D eigenvalue weighted by molar-refractivity contribution is 7.80. The first-order valence-electron chi connectivity index (χ1n) is 7.73. The molecule has 0 aromatic heterocycles. The molecule has 1 aromatic carbocycles. The van der Waals surface area contributed by atoms with Crippen molar-refractivity contribution in [3.05, 3.63) is 29.8 Å². The summed E-state index contributed by atoms with van der Waals surface area (Å²) in [4.78, 5) is 14.5. The highest BCUT2D eigenvalue weighted by atomic mass is 32.2. The largest absolute Gasteiger partial charge is 0.497 e. The molecule has 1 rings (SSSR count). The molecular weight excluding hydrogens is 362 g/mol. The second kappa shape index (κ2) is 9.47. The van der Waals surface area contributed by atoms with Crippen LogP contribution in [-0.2, 0) is 20.7 Å². The zero-order valence-corrected chi connectivity index (χ0v) is 16.4. The first-order chi connectivity index (χ1) is 11.8. The van der Waals surface area contributed by atoms with Crippen LogP contribution < -0.4 is 10.1 Å². The molecule has 1 N–H and O–H groups in total. The summed E-state index contributed by atoms with van der Waals surface area (Å²) in [5.41, 5.74) is -0.461. The molecule has 1 unspecified atom stereocenters. The molecule has 138 valence electrons. The Balaban J connectivity index is 3.51. The van der Waals surface area contributed by atoms with E-state index >= 15 is 0 Å². The molecule has 0 fully saturated rings. The number of likely N-dealkylation sites (N-methyl/N-ethyl adjacent to an activating group) is 1. The van der Waals surface area contributed by atoms with E-state index < -0.39 is 15.9 Å². The molecule has 7 nitrogen and oxygen atoms in total. The Kier molecular flexibility index (Phi) is 7.98. The van der Waals surface area contributed by atoms with Gasteiger partial charge in [-0.1, -0.05) is 25.5 Å². The van der Waals surface area contributed by atoms with Crippen molar-refractivity contribution in [1.82, 2.24) is 10.2 Å². The zero-order chi connectivity index (χ0) is 19.0. The molecule has 0 aliphatic rings. The number of nitrogens with zero attached hydrogens (tertiary/aromatic N) is 2. The molecular formula is C16H23N3O4S2. The van der Waals surface area contributed by atoms with Gasteiger partial charge in [0, 0.05) is 14.1 Å². The van der Waals surface area contributed by atoms with Gasteiger partial charge in [0.15, 0.2) is 5.11 Å². The Labute approximate surface area is 155 Å². The van der Waals surface area contributed by atoms with Crippen LogP contribution >= 0.6 is 12.2 Å². The Bertz CT molecular complexity index is 739. The van der Waals surface area contributed by atoms with E-state index in [1.165, 1.54) is 4.90 Å². The molecule has 0 aliphatic heterocycles. The summed E-state index contributed by atoms with van der Waals surface area (Å²) in [6.45, 7) is 1.74. The fraction of sp³-hybridized carbons (Fsp3) is 0.500. The van der Waals surface area contributed by atoms with Gasteiger partial charge in [-0.25, -0.2) is 0 Å². The summed E-state index contributed by atoms with van der Waals surface area (Å²) in [5, 5.41) is 3.01. The van der Waals surface area contributed by atoms with Crippen LogP contribution in [-0.4, -0.2) is 52.1 Å². The van der Waals surface area contributed by atoms with Gasteiger partial charge in [-0.15, -0.1) is 0 Å². The number of hydrogen-bond acceptors (Lipinski definition) is 6. The summed E-state index contributed by atoms with van der Waals surface area (Å²) in [6, 6.07) is 6.98. The predicted octanol–water partition coefficient (Wildman–Crippen LogP) is 1.76. The molecule has 9 heteroatoms. The molecule has 1 aromatic rings. The van der Waals surface area contributed by atoms with Gasteiger partial charge in [-0.3, -0.25) is 9.69 Å². The molecule has 0 aliphatic carbocycles. The lowest BCUT2D eigenvalue weighted by Crippen LogP contribution is -2.51. The second-order valence-electron chi connectivity index (χ2n) is 5.48. The Hall–Kier alpha value is -2.00. The van der Waals surface area contributed by atoms with Crippen LogP contribution in [0.1, 0.15) is 25.3 Å². The molecule has 1 atom stereocenters. The number of ether oxygens (including phenoxy) is 1. The number of hydrogen-bond donors (Lipinski definition) is 1.